The number of ether oxygens (including phenoxy) is 1. The predicted molar refractivity (Wildman–Crippen MR) is 162 cm³/mol. The molecule has 39 heavy (non-hydrogen) atoms. The van der Waals surface area contributed by atoms with Crippen molar-refractivity contribution in [1.29, 1.82) is 0 Å². The molecule has 0 aliphatic rings. The van der Waals surface area contributed by atoms with E-state index in [9.17, 15) is 14.4 Å². The van der Waals surface area contributed by atoms with Crippen LogP contribution in [-0.4, -0.2) is 35.6 Å². The molecule has 0 heterocycles. The third-order valence-electron chi connectivity index (χ3n) is 7.44. The van der Waals surface area contributed by atoms with Crippen molar-refractivity contribution >= 4 is 17.8 Å². The van der Waals surface area contributed by atoms with Gasteiger partial charge in [-0.1, -0.05) is 143 Å². The Morgan fingerprint density at radius 3 is 1.54 bits per heavy atom. The first kappa shape index (κ1) is 37.4. The van der Waals surface area contributed by atoms with Crippen LogP contribution in [-0.2, 0) is 19.1 Å². The van der Waals surface area contributed by atoms with E-state index in [0.717, 1.165) is 38.0 Å². The van der Waals surface area contributed by atoms with Gasteiger partial charge in [-0.15, -0.1) is 0 Å². The molecule has 0 radical (unpaired) electrons. The normalized spacial score (nSPS) is 12.0. The molecule has 1 atom stereocenters. The number of esters is 1. The third kappa shape index (κ3) is 29.2. The molecule has 0 aliphatic heterocycles. The Hall–Kier alpha value is -1.59. The van der Waals surface area contributed by atoms with E-state index in [4.69, 9.17) is 9.84 Å². The Bertz CT molecular complexity index is 593. The van der Waals surface area contributed by atoms with E-state index in [1.807, 2.05) is 0 Å². The number of hydrogen-bond acceptors (Lipinski definition) is 4. The highest BCUT2D eigenvalue weighted by atomic mass is 16.5. The van der Waals surface area contributed by atoms with E-state index >= 15 is 0 Å². The first-order chi connectivity index (χ1) is 18.8. The summed E-state index contributed by atoms with van der Waals surface area (Å²) in [6, 6.07) is 0. The smallest absolute Gasteiger partial charge is 0.322 e. The highest BCUT2D eigenvalue weighted by molar-refractivity contribution is 5.81. The Labute approximate surface area is 240 Å². The van der Waals surface area contributed by atoms with Gasteiger partial charge in [-0.25, -0.2) is 0 Å². The number of carboxylic acid groups (broad SMARTS) is 1. The van der Waals surface area contributed by atoms with E-state index in [1.165, 1.54) is 103 Å². The predicted octanol–water partition coefficient (Wildman–Crippen LogP) is 9.14. The Balaban J connectivity index is 4.06. The summed E-state index contributed by atoms with van der Waals surface area (Å²) in [4.78, 5) is 35.3. The quantitative estimate of drug-likeness (QED) is 0.0711. The number of hydrogen-bond donors (Lipinski definition) is 2. The fourth-order valence-electron chi connectivity index (χ4n) is 5.00. The highest BCUT2D eigenvalue weighted by Crippen LogP contribution is 2.17. The van der Waals surface area contributed by atoms with Crippen molar-refractivity contribution in [1.82, 2.24) is 5.32 Å². The molecule has 0 aliphatic carbocycles. The molecule has 0 unspecified atom stereocenters. The van der Waals surface area contributed by atoms with Gasteiger partial charge in [-0.05, 0) is 25.2 Å². The fraction of sp³-hybridized carbons (Fsp3) is 0.909. The van der Waals surface area contributed by atoms with Gasteiger partial charge in [0.2, 0.25) is 5.91 Å². The van der Waals surface area contributed by atoms with Crippen LogP contribution in [0.25, 0.3) is 0 Å². The van der Waals surface area contributed by atoms with Gasteiger partial charge in [-0.3, -0.25) is 14.4 Å². The molecule has 0 bridgehead atoms. The molecule has 230 valence electrons. The first-order valence-electron chi connectivity index (χ1n) is 16.5. The number of amides is 1. The summed E-state index contributed by atoms with van der Waals surface area (Å²) in [7, 11) is 0. The van der Waals surface area contributed by atoms with Gasteiger partial charge in [0, 0.05) is 6.42 Å². The fourth-order valence-corrected chi connectivity index (χ4v) is 5.00. The molecule has 0 aromatic heterocycles. The maximum absolute atomic E-state index is 12.4. The van der Waals surface area contributed by atoms with Crippen molar-refractivity contribution in [2.75, 3.05) is 6.54 Å². The molecular formula is C33H63NO5. The molecular weight excluding hydrogens is 490 g/mol. The second kappa shape index (κ2) is 28.0. The van der Waals surface area contributed by atoms with Crippen LogP contribution in [0.15, 0.2) is 0 Å². The minimum absolute atomic E-state index is 0.0357. The van der Waals surface area contributed by atoms with Crippen molar-refractivity contribution in [2.24, 2.45) is 5.92 Å². The standard InChI is InChI=1S/C33H63NO5/c1-4-5-6-7-8-9-10-13-16-19-22-25-30(27-31(35)34-28-32(36)37)39-33(38)26-23-20-17-14-11-12-15-18-21-24-29(2)3/h29-30H,4-28H2,1-3H3,(H,34,35)(H,36,37)/t30-/m1/s1. The van der Waals surface area contributed by atoms with Crippen LogP contribution in [0.2, 0.25) is 0 Å². The van der Waals surface area contributed by atoms with Crippen LogP contribution >= 0.6 is 0 Å². The minimum Gasteiger partial charge on any atom is -0.480 e. The summed E-state index contributed by atoms with van der Waals surface area (Å²) in [5.74, 6) is -0.874. The molecule has 0 saturated heterocycles. The van der Waals surface area contributed by atoms with Crippen molar-refractivity contribution in [3.63, 3.8) is 0 Å². The topological polar surface area (TPSA) is 92.7 Å². The zero-order valence-corrected chi connectivity index (χ0v) is 25.9. The van der Waals surface area contributed by atoms with E-state index < -0.39 is 18.6 Å². The lowest BCUT2D eigenvalue weighted by Crippen LogP contribution is -2.33. The second-order valence-corrected chi connectivity index (χ2v) is 11.9. The molecule has 0 aromatic rings. The van der Waals surface area contributed by atoms with Crippen molar-refractivity contribution in [3.05, 3.63) is 0 Å². The zero-order chi connectivity index (χ0) is 29.0. The van der Waals surface area contributed by atoms with Crippen LogP contribution in [0.5, 0.6) is 0 Å². The number of aliphatic carboxylic acids is 1. The number of nitrogens with one attached hydrogen (secondary N) is 1. The molecule has 0 rings (SSSR count). The van der Waals surface area contributed by atoms with Crippen LogP contribution in [0, 0.1) is 5.92 Å². The highest BCUT2D eigenvalue weighted by Gasteiger charge is 2.18. The van der Waals surface area contributed by atoms with Crippen molar-refractivity contribution in [2.45, 2.75) is 181 Å². The van der Waals surface area contributed by atoms with Gasteiger partial charge in [0.25, 0.3) is 0 Å². The molecule has 2 N–H and O–H groups in total. The van der Waals surface area contributed by atoms with Gasteiger partial charge in [0.15, 0.2) is 0 Å². The maximum atomic E-state index is 12.4. The lowest BCUT2D eigenvalue weighted by molar-refractivity contribution is -0.151. The van der Waals surface area contributed by atoms with Crippen LogP contribution in [0.3, 0.4) is 0 Å². The molecule has 1 amide bonds. The molecule has 0 saturated carbocycles. The summed E-state index contributed by atoms with van der Waals surface area (Å²) in [5.41, 5.74) is 0. The van der Waals surface area contributed by atoms with E-state index in [0.29, 0.717) is 12.8 Å². The van der Waals surface area contributed by atoms with Gasteiger partial charge >= 0.3 is 11.9 Å². The van der Waals surface area contributed by atoms with Crippen LogP contribution in [0.1, 0.15) is 175 Å². The van der Waals surface area contributed by atoms with E-state index in [2.05, 4.69) is 26.1 Å². The average Bonchev–Trinajstić information content (AvgIpc) is 2.88. The first-order valence-corrected chi connectivity index (χ1v) is 16.5. The van der Waals surface area contributed by atoms with Crippen LogP contribution in [0.4, 0.5) is 0 Å². The lowest BCUT2D eigenvalue weighted by atomic mass is 10.0. The number of carbonyl (C=O) groups is 3. The van der Waals surface area contributed by atoms with Crippen LogP contribution < -0.4 is 5.32 Å². The number of carbonyl (C=O) groups excluding carboxylic acids is 2. The van der Waals surface area contributed by atoms with Gasteiger partial charge in [0.1, 0.15) is 12.6 Å². The maximum Gasteiger partial charge on any atom is 0.322 e. The Morgan fingerprint density at radius 1 is 0.641 bits per heavy atom. The second-order valence-electron chi connectivity index (χ2n) is 11.9. The van der Waals surface area contributed by atoms with Crippen molar-refractivity contribution in [3.8, 4) is 0 Å². The summed E-state index contributed by atoms with van der Waals surface area (Å²) in [6.07, 6.45) is 26.4. The minimum atomic E-state index is -1.08. The van der Waals surface area contributed by atoms with Crippen molar-refractivity contribution < 1.29 is 24.2 Å². The Morgan fingerprint density at radius 2 is 1.08 bits per heavy atom. The number of unbranched alkanes of at least 4 members (excludes halogenated alkanes) is 18. The van der Waals surface area contributed by atoms with E-state index in [1.54, 1.807) is 0 Å². The Kier molecular flexibility index (Phi) is 26.8. The zero-order valence-electron chi connectivity index (χ0n) is 25.9. The summed E-state index contributed by atoms with van der Waals surface area (Å²) in [6.45, 7) is 6.41. The van der Waals surface area contributed by atoms with E-state index in [-0.39, 0.29) is 18.3 Å². The van der Waals surface area contributed by atoms with Gasteiger partial charge in [0.05, 0.1) is 6.42 Å². The van der Waals surface area contributed by atoms with Gasteiger partial charge < -0.3 is 15.2 Å². The lowest BCUT2D eigenvalue weighted by Gasteiger charge is -2.18. The summed E-state index contributed by atoms with van der Waals surface area (Å²) < 4.78 is 5.67. The number of carboxylic acids is 1. The monoisotopic (exact) mass is 553 g/mol. The average molecular weight is 554 g/mol. The molecule has 6 heteroatoms. The SMILES string of the molecule is CCCCCCCCCCCCC[C@H](CC(=O)NCC(=O)O)OC(=O)CCCCCCCCCCCC(C)C. The summed E-state index contributed by atoms with van der Waals surface area (Å²) >= 11 is 0. The number of rotatable bonds is 29. The molecule has 0 fully saturated rings. The largest absolute Gasteiger partial charge is 0.480 e. The molecule has 0 aromatic carbocycles. The van der Waals surface area contributed by atoms with Gasteiger partial charge in [-0.2, -0.15) is 0 Å². The molecule has 0 spiro atoms. The summed E-state index contributed by atoms with van der Waals surface area (Å²) in [5, 5.41) is 11.2. The molecule has 6 nitrogen and oxygen atoms in total. The third-order valence-corrected chi connectivity index (χ3v) is 7.44.